The second kappa shape index (κ2) is 8.52. The van der Waals surface area contributed by atoms with Crippen LogP contribution in [0.2, 0.25) is 0 Å². The van der Waals surface area contributed by atoms with Crippen LogP contribution in [0.3, 0.4) is 0 Å². The fourth-order valence-electron chi connectivity index (χ4n) is 4.36. The maximum absolute atomic E-state index is 12.1. The number of likely N-dealkylation sites (tertiary alicyclic amines) is 1. The fourth-order valence-corrected chi connectivity index (χ4v) is 4.36. The van der Waals surface area contributed by atoms with Gasteiger partial charge in [-0.3, -0.25) is 9.78 Å². The zero-order chi connectivity index (χ0) is 22.2. The number of hydrogen-bond acceptors (Lipinski definition) is 6. The fraction of sp³-hybridized carbons (Fsp3) is 0.458. The Morgan fingerprint density at radius 1 is 1.25 bits per heavy atom. The number of aromatic nitrogens is 3. The first-order chi connectivity index (χ1) is 15.5. The Hall–Kier alpha value is -2.97. The summed E-state index contributed by atoms with van der Waals surface area (Å²) in [5.41, 5.74) is 3.84. The van der Waals surface area contributed by atoms with E-state index in [1.165, 1.54) is 0 Å². The van der Waals surface area contributed by atoms with Gasteiger partial charge in [-0.05, 0) is 50.6 Å². The Balaban J connectivity index is 1.38. The third-order valence-corrected chi connectivity index (χ3v) is 6.30. The van der Waals surface area contributed by atoms with Crippen molar-refractivity contribution in [1.29, 1.82) is 0 Å². The van der Waals surface area contributed by atoms with E-state index in [0.717, 1.165) is 54.0 Å². The van der Waals surface area contributed by atoms with Crippen molar-refractivity contribution in [3.63, 3.8) is 0 Å². The van der Waals surface area contributed by atoms with Crippen LogP contribution in [-0.2, 0) is 9.53 Å². The zero-order valence-electron chi connectivity index (χ0n) is 18.7. The van der Waals surface area contributed by atoms with E-state index in [4.69, 9.17) is 9.47 Å². The van der Waals surface area contributed by atoms with E-state index in [2.05, 4.69) is 33.4 Å². The normalized spacial score (nSPS) is 21.2. The number of carbonyl (C=O) groups excluding carboxylic acids is 1. The molecule has 8 nitrogen and oxygen atoms in total. The molecule has 4 heterocycles. The average molecular weight is 436 g/mol. The van der Waals surface area contributed by atoms with Crippen LogP contribution in [-0.4, -0.2) is 65.4 Å². The summed E-state index contributed by atoms with van der Waals surface area (Å²) in [6, 6.07) is 8.01. The number of pyridine rings is 2. The highest BCUT2D eigenvalue weighted by Gasteiger charge is 2.32. The Morgan fingerprint density at radius 2 is 2.09 bits per heavy atom. The van der Waals surface area contributed by atoms with Crippen molar-refractivity contribution in [3.05, 3.63) is 42.4 Å². The van der Waals surface area contributed by atoms with Crippen molar-refractivity contribution in [3.8, 4) is 16.9 Å². The molecule has 0 spiro atoms. The molecular weight excluding hydrogens is 406 g/mol. The number of nitrogens with one attached hydrogen (secondary N) is 1. The van der Waals surface area contributed by atoms with Gasteiger partial charge >= 0.3 is 0 Å². The minimum atomic E-state index is 0.0565. The van der Waals surface area contributed by atoms with Gasteiger partial charge in [-0.15, -0.1) is 0 Å². The summed E-state index contributed by atoms with van der Waals surface area (Å²) in [5.74, 6) is 1.85. The van der Waals surface area contributed by atoms with Crippen LogP contribution < -0.4 is 10.1 Å². The third-order valence-electron chi connectivity index (χ3n) is 6.30. The molecule has 5 rings (SSSR count). The average Bonchev–Trinajstić information content (AvgIpc) is 3.46. The molecule has 0 aromatic carbocycles. The van der Waals surface area contributed by atoms with Gasteiger partial charge in [-0.1, -0.05) is 0 Å². The summed E-state index contributed by atoms with van der Waals surface area (Å²) in [6.07, 6.45) is 5.82. The molecule has 0 bridgehead atoms. The predicted molar refractivity (Wildman–Crippen MR) is 122 cm³/mol. The number of likely N-dealkylation sites (N-methyl/N-ethyl adjacent to an activating group) is 1. The molecule has 0 radical (unpaired) electrons. The molecule has 2 atom stereocenters. The zero-order valence-corrected chi connectivity index (χ0v) is 18.7. The molecule has 3 aromatic rings. The van der Waals surface area contributed by atoms with Crippen LogP contribution in [0, 0.1) is 18.8 Å². The highest BCUT2D eigenvalue weighted by Crippen LogP contribution is 2.33. The molecule has 1 amide bonds. The van der Waals surface area contributed by atoms with Crippen LogP contribution in [0.4, 0.5) is 5.82 Å². The number of aryl methyl sites for hydroxylation is 1. The Labute approximate surface area is 187 Å². The third kappa shape index (κ3) is 4.33. The number of carbonyl (C=O) groups is 1. The first-order valence-corrected chi connectivity index (χ1v) is 11.1. The van der Waals surface area contributed by atoms with E-state index in [0.29, 0.717) is 18.3 Å². The molecule has 1 saturated heterocycles. The van der Waals surface area contributed by atoms with E-state index in [9.17, 15) is 4.79 Å². The van der Waals surface area contributed by atoms with Gasteiger partial charge in [0.05, 0.1) is 24.4 Å². The first-order valence-electron chi connectivity index (χ1n) is 11.1. The van der Waals surface area contributed by atoms with Gasteiger partial charge < -0.3 is 19.7 Å². The number of anilines is 1. The van der Waals surface area contributed by atoms with Crippen molar-refractivity contribution < 1.29 is 14.3 Å². The van der Waals surface area contributed by atoms with E-state index in [-0.39, 0.29) is 17.9 Å². The van der Waals surface area contributed by atoms with Gasteiger partial charge in [0.25, 0.3) is 0 Å². The SMILES string of the molecule is COC1CN(C)C[C@@H]1COc1cnc(C)cc1-c1ccn2nc(NC(=O)C3CC3)cc2c1. The molecule has 1 aliphatic carbocycles. The molecule has 168 valence electrons. The number of fused-ring (bicyclic) bond motifs is 1. The summed E-state index contributed by atoms with van der Waals surface area (Å²) in [6.45, 7) is 4.42. The van der Waals surface area contributed by atoms with Crippen molar-refractivity contribution in [1.82, 2.24) is 19.5 Å². The second-order valence-corrected chi connectivity index (χ2v) is 8.97. The van der Waals surface area contributed by atoms with E-state index in [1.54, 1.807) is 17.8 Å². The van der Waals surface area contributed by atoms with Crippen molar-refractivity contribution >= 4 is 17.2 Å². The lowest BCUT2D eigenvalue weighted by Gasteiger charge is -2.19. The number of amides is 1. The summed E-state index contributed by atoms with van der Waals surface area (Å²) in [4.78, 5) is 18.8. The van der Waals surface area contributed by atoms with Crippen LogP contribution in [0.15, 0.2) is 36.7 Å². The highest BCUT2D eigenvalue weighted by molar-refractivity contribution is 5.93. The van der Waals surface area contributed by atoms with Gasteiger partial charge in [0, 0.05) is 55.6 Å². The van der Waals surface area contributed by atoms with Crippen LogP contribution in [0.1, 0.15) is 18.5 Å². The smallest absolute Gasteiger partial charge is 0.228 e. The maximum atomic E-state index is 12.1. The lowest BCUT2D eigenvalue weighted by Crippen LogP contribution is -2.26. The van der Waals surface area contributed by atoms with Crippen LogP contribution >= 0.6 is 0 Å². The predicted octanol–water partition coefficient (Wildman–Crippen LogP) is 3.01. The molecule has 8 heteroatoms. The Kier molecular flexibility index (Phi) is 5.57. The molecular formula is C24H29N5O3. The van der Waals surface area contributed by atoms with Crippen molar-refractivity contribution in [2.24, 2.45) is 11.8 Å². The lowest BCUT2D eigenvalue weighted by atomic mass is 10.1. The minimum Gasteiger partial charge on any atom is -0.491 e. The van der Waals surface area contributed by atoms with Gasteiger partial charge in [0.2, 0.25) is 5.91 Å². The standard InChI is InChI=1S/C24H29N5O3/c1-15-8-20(21(11-25-15)32-14-18-12-28(2)13-22(18)31-3)17-6-7-29-19(9-17)10-23(27-29)26-24(30)16-4-5-16/h6-11,16,18,22H,4-5,12-14H2,1-3H3,(H,26,27,30)/t18-,22?/m1/s1. The monoisotopic (exact) mass is 435 g/mol. The van der Waals surface area contributed by atoms with Crippen molar-refractivity contribution in [2.75, 3.05) is 39.2 Å². The van der Waals surface area contributed by atoms with Crippen molar-refractivity contribution in [2.45, 2.75) is 25.9 Å². The molecule has 1 saturated carbocycles. The van der Waals surface area contributed by atoms with Crippen LogP contribution in [0.25, 0.3) is 16.6 Å². The van der Waals surface area contributed by atoms with Gasteiger partial charge in [-0.2, -0.15) is 5.10 Å². The lowest BCUT2D eigenvalue weighted by molar-refractivity contribution is -0.117. The number of hydrogen-bond donors (Lipinski definition) is 1. The quantitative estimate of drug-likeness (QED) is 0.615. The molecule has 2 fully saturated rings. The maximum Gasteiger partial charge on any atom is 0.228 e. The number of ether oxygens (including phenoxy) is 2. The summed E-state index contributed by atoms with van der Waals surface area (Å²) in [5, 5.41) is 7.39. The van der Waals surface area contributed by atoms with Gasteiger partial charge in [-0.25, -0.2) is 4.52 Å². The molecule has 1 aliphatic heterocycles. The molecule has 1 N–H and O–H groups in total. The van der Waals surface area contributed by atoms with Gasteiger partial charge in [0.1, 0.15) is 5.75 Å². The topological polar surface area (TPSA) is 81.0 Å². The summed E-state index contributed by atoms with van der Waals surface area (Å²) >= 11 is 0. The van der Waals surface area contributed by atoms with E-state index >= 15 is 0 Å². The van der Waals surface area contributed by atoms with E-state index < -0.39 is 0 Å². The van der Waals surface area contributed by atoms with Crippen LogP contribution in [0.5, 0.6) is 5.75 Å². The largest absolute Gasteiger partial charge is 0.491 e. The highest BCUT2D eigenvalue weighted by atomic mass is 16.5. The molecule has 1 unspecified atom stereocenters. The molecule has 3 aromatic heterocycles. The summed E-state index contributed by atoms with van der Waals surface area (Å²) < 4.78 is 13.7. The molecule has 2 aliphatic rings. The second-order valence-electron chi connectivity index (χ2n) is 8.97. The number of rotatable bonds is 7. The van der Waals surface area contributed by atoms with E-state index in [1.807, 2.05) is 31.3 Å². The van der Waals surface area contributed by atoms with Gasteiger partial charge in [0.15, 0.2) is 5.82 Å². The number of nitrogens with zero attached hydrogens (tertiary/aromatic N) is 4. The Morgan fingerprint density at radius 3 is 2.88 bits per heavy atom. The molecule has 32 heavy (non-hydrogen) atoms. The number of methoxy groups -OCH3 is 1. The summed E-state index contributed by atoms with van der Waals surface area (Å²) in [7, 11) is 3.87. The minimum absolute atomic E-state index is 0.0565. The first kappa shape index (κ1) is 20.9. The Bertz CT molecular complexity index is 1140.